The maximum absolute atomic E-state index is 13.4. The monoisotopic (exact) mass is 481 g/mol. The van der Waals surface area contributed by atoms with Crippen molar-refractivity contribution in [2.45, 2.75) is 19.9 Å². The molecule has 0 bridgehead atoms. The van der Waals surface area contributed by atoms with Crippen LogP contribution in [0.4, 0.5) is 0 Å². The molecule has 0 fully saturated rings. The Morgan fingerprint density at radius 2 is 1.77 bits per heavy atom. The van der Waals surface area contributed by atoms with E-state index in [1.165, 1.54) is 29.1 Å². The maximum atomic E-state index is 13.4. The molecule has 3 heterocycles. The summed E-state index contributed by atoms with van der Waals surface area (Å²) in [5, 5.41) is 0.242. The molecule has 2 aromatic rings. The van der Waals surface area contributed by atoms with Crippen LogP contribution in [0.25, 0.3) is 16.8 Å². The minimum atomic E-state index is -0.896. The van der Waals surface area contributed by atoms with Gasteiger partial charge < -0.3 is 4.42 Å². The first kappa shape index (κ1) is 22.2. The lowest BCUT2D eigenvalue weighted by atomic mass is 10.1. The highest BCUT2D eigenvalue weighted by Crippen LogP contribution is 2.32. The highest BCUT2D eigenvalue weighted by molar-refractivity contribution is 9.10. The second-order valence-electron chi connectivity index (χ2n) is 6.59. The molecule has 0 spiro atoms. The summed E-state index contributed by atoms with van der Waals surface area (Å²) >= 11 is 3.31. The molecule has 1 atom stereocenters. The van der Waals surface area contributed by atoms with E-state index in [9.17, 15) is 14.4 Å². The van der Waals surface area contributed by atoms with E-state index in [2.05, 4.69) is 40.7 Å². The van der Waals surface area contributed by atoms with Crippen molar-refractivity contribution in [3.05, 3.63) is 94.3 Å². The van der Waals surface area contributed by atoms with Gasteiger partial charge in [0.2, 0.25) is 5.71 Å². The molecule has 1 aliphatic rings. The van der Waals surface area contributed by atoms with E-state index in [4.69, 9.17) is 4.42 Å². The highest BCUT2D eigenvalue weighted by atomic mass is 79.9. The Labute approximate surface area is 187 Å². The van der Waals surface area contributed by atoms with Crippen LogP contribution in [0.1, 0.15) is 25.7 Å². The molecule has 3 rings (SSSR count). The van der Waals surface area contributed by atoms with Crippen LogP contribution < -0.4 is 5.56 Å². The quantitative estimate of drug-likeness (QED) is 0.430. The minimum absolute atomic E-state index is 0.0911. The van der Waals surface area contributed by atoms with E-state index >= 15 is 0 Å². The summed E-state index contributed by atoms with van der Waals surface area (Å²) in [6, 6.07) is -0.896. The highest BCUT2D eigenvalue weighted by Gasteiger charge is 2.40. The topological polar surface area (TPSA) is 85.4 Å². The Morgan fingerprint density at radius 3 is 2.29 bits per heavy atom. The van der Waals surface area contributed by atoms with Crippen molar-refractivity contribution in [3.63, 3.8) is 0 Å². The average Bonchev–Trinajstić information content (AvgIpc) is 3.23. The molecule has 0 saturated heterocycles. The third kappa shape index (κ3) is 3.48. The van der Waals surface area contributed by atoms with E-state index in [0.29, 0.717) is 10.2 Å². The predicted octanol–water partition coefficient (Wildman–Crippen LogP) is 4.45. The van der Waals surface area contributed by atoms with E-state index in [-0.39, 0.29) is 28.1 Å². The molecule has 0 aromatic carbocycles. The van der Waals surface area contributed by atoms with Crippen molar-refractivity contribution in [2.75, 3.05) is 0 Å². The number of carbonyl (C=O) groups is 2. The van der Waals surface area contributed by atoms with E-state index in [0.717, 1.165) is 4.90 Å². The SMILES string of the molecule is C=C/C=C(\C=C/C)n1c(C(C)N2C(=O)C(C=C)=C(C=C)C2=O)nc2occ(Br)c2c1=O. The Balaban J connectivity index is 2.32. The van der Waals surface area contributed by atoms with Gasteiger partial charge in [-0.05, 0) is 41.9 Å². The van der Waals surface area contributed by atoms with Gasteiger partial charge >= 0.3 is 0 Å². The molecule has 1 unspecified atom stereocenters. The van der Waals surface area contributed by atoms with Gasteiger partial charge in [0.15, 0.2) is 0 Å². The molecular formula is C23H20BrN3O4. The summed E-state index contributed by atoms with van der Waals surface area (Å²) in [6.07, 6.45) is 10.6. The van der Waals surface area contributed by atoms with Crippen LogP contribution in [0.15, 0.2) is 87.3 Å². The minimum Gasteiger partial charge on any atom is -0.445 e. The molecule has 31 heavy (non-hydrogen) atoms. The first-order valence-electron chi connectivity index (χ1n) is 9.34. The Kier molecular flexibility index (Phi) is 6.21. The van der Waals surface area contributed by atoms with E-state index < -0.39 is 23.4 Å². The van der Waals surface area contributed by atoms with Gasteiger partial charge in [-0.2, -0.15) is 4.98 Å². The Morgan fingerprint density at radius 1 is 1.16 bits per heavy atom. The van der Waals surface area contributed by atoms with Crippen molar-refractivity contribution < 1.29 is 14.0 Å². The number of fused-ring (bicyclic) bond motifs is 1. The number of imide groups is 1. The van der Waals surface area contributed by atoms with Gasteiger partial charge in [0.05, 0.1) is 27.4 Å². The zero-order valence-corrected chi connectivity index (χ0v) is 18.7. The Bertz CT molecular complexity index is 1260. The molecule has 2 amide bonds. The third-order valence-corrected chi connectivity index (χ3v) is 5.41. The normalized spacial score (nSPS) is 16.0. The zero-order valence-electron chi connectivity index (χ0n) is 17.1. The van der Waals surface area contributed by atoms with Gasteiger partial charge in [0.25, 0.3) is 17.4 Å². The molecule has 2 aromatic heterocycles. The fourth-order valence-corrected chi connectivity index (χ4v) is 3.88. The van der Waals surface area contributed by atoms with E-state index in [1.54, 1.807) is 32.1 Å². The van der Waals surface area contributed by atoms with Crippen LogP contribution >= 0.6 is 15.9 Å². The molecule has 0 radical (unpaired) electrons. The van der Waals surface area contributed by atoms with Crippen molar-refractivity contribution in [1.82, 2.24) is 14.5 Å². The number of hydrogen-bond donors (Lipinski definition) is 0. The van der Waals surface area contributed by atoms with Gasteiger partial charge in [-0.25, -0.2) is 0 Å². The average molecular weight is 482 g/mol. The standard InChI is InChI=1S/C23H20BrN3O4/c1-6-10-14(11-7-2)27-19(25-20-18(23(27)30)17(24)12-31-20)13(5)26-21(28)15(8-3)16(9-4)22(26)29/h6-13H,1,3-4H2,2,5H3/b11-7-,14-10+. The number of hydrogen-bond acceptors (Lipinski definition) is 5. The maximum Gasteiger partial charge on any atom is 0.270 e. The lowest BCUT2D eigenvalue weighted by Gasteiger charge is -2.25. The van der Waals surface area contributed by atoms with E-state index in [1.807, 2.05) is 0 Å². The van der Waals surface area contributed by atoms with Crippen molar-refractivity contribution >= 4 is 44.5 Å². The summed E-state index contributed by atoms with van der Waals surface area (Å²) in [6.45, 7) is 14.4. The largest absolute Gasteiger partial charge is 0.445 e. The fraction of sp³-hybridized carbons (Fsp3) is 0.130. The molecule has 158 valence electrons. The number of carbonyl (C=O) groups excluding carboxylic acids is 2. The van der Waals surface area contributed by atoms with Crippen LogP contribution in [0.3, 0.4) is 0 Å². The fourth-order valence-electron chi connectivity index (χ4n) is 3.44. The summed E-state index contributed by atoms with van der Waals surface area (Å²) in [5.41, 5.74) is 0.439. The van der Waals surface area contributed by atoms with Crippen LogP contribution in [-0.4, -0.2) is 26.3 Å². The number of rotatable bonds is 7. The second kappa shape index (κ2) is 8.69. The van der Waals surface area contributed by atoms with Gasteiger partial charge in [0, 0.05) is 0 Å². The second-order valence-corrected chi connectivity index (χ2v) is 7.45. The number of halogens is 1. The van der Waals surface area contributed by atoms with Crippen LogP contribution in [-0.2, 0) is 9.59 Å². The van der Waals surface area contributed by atoms with Gasteiger partial charge in [-0.1, -0.05) is 44.0 Å². The molecule has 7 nitrogen and oxygen atoms in total. The lowest BCUT2D eigenvalue weighted by molar-refractivity contribution is -0.140. The molecular weight excluding hydrogens is 462 g/mol. The first-order valence-corrected chi connectivity index (χ1v) is 10.1. The van der Waals surface area contributed by atoms with Gasteiger partial charge in [0.1, 0.15) is 17.5 Å². The smallest absolute Gasteiger partial charge is 0.270 e. The molecule has 1 aliphatic heterocycles. The number of allylic oxidation sites excluding steroid dienone is 5. The first-order chi connectivity index (χ1) is 14.8. The molecule has 0 aliphatic carbocycles. The van der Waals surface area contributed by atoms with Crippen LogP contribution in [0.2, 0.25) is 0 Å². The number of nitrogens with zero attached hydrogens (tertiary/aromatic N) is 3. The summed E-state index contributed by atoms with van der Waals surface area (Å²) in [4.78, 5) is 44.9. The zero-order chi connectivity index (χ0) is 22.9. The van der Waals surface area contributed by atoms with Crippen molar-refractivity contribution in [1.29, 1.82) is 0 Å². The van der Waals surface area contributed by atoms with Crippen molar-refractivity contribution in [2.24, 2.45) is 0 Å². The number of aromatic nitrogens is 2. The van der Waals surface area contributed by atoms with Crippen molar-refractivity contribution in [3.8, 4) is 0 Å². The molecule has 8 heteroatoms. The predicted molar refractivity (Wildman–Crippen MR) is 123 cm³/mol. The number of amides is 2. The molecule has 0 N–H and O–H groups in total. The summed E-state index contributed by atoms with van der Waals surface area (Å²) in [5.74, 6) is -0.922. The van der Waals surface area contributed by atoms with Gasteiger partial charge in [-0.3, -0.25) is 23.9 Å². The Hall–Kier alpha value is -3.52. The lowest BCUT2D eigenvalue weighted by Crippen LogP contribution is -2.38. The molecule has 0 saturated carbocycles. The number of furan rings is 1. The summed E-state index contributed by atoms with van der Waals surface area (Å²) in [7, 11) is 0. The van der Waals surface area contributed by atoms with Crippen LogP contribution in [0.5, 0.6) is 0 Å². The van der Waals surface area contributed by atoms with Crippen LogP contribution in [0, 0.1) is 0 Å². The van der Waals surface area contributed by atoms with Gasteiger partial charge in [-0.15, -0.1) is 0 Å². The third-order valence-electron chi connectivity index (χ3n) is 4.83. The summed E-state index contributed by atoms with van der Waals surface area (Å²) < 4.78 is 7.21.